The molecule has 0 amide bonds. The second kappa shape index (κ2) is 6.33. The molecule has 21 heavy (non-hydrogen) atoms. The molecule has 0 radical (unpaired) electrons. The van der Waals surface area contributed by atoms with Crippen LogP contribution < -0.4 is 4.72 Å². The highest BCUT2D eigenvalue weighted by Gasteiger charge is 2.22. The van der Waals surface area contributed by atoms with Crippen molar-refractivity contribution in [3.8, 4) is 0 Å². The van der Waals surface area contributed by atoms with E-state index in [1.165, 1.54) is 6.26 Å². The first-order valence-corrected chi connectivity index (χ1v) is 7.53. The number of benzene rings is 1. The van der Waals surface area contributed by atoms with Gasteiger partial charge in [0.1, 0.15) is 10.7 Å². The van der Waals surface area contributed by atoms with Gasteiger partial charge in [0.25, 0.3) is 0 Å². The van der Waals surface area contributed by atoms with Crippen molar-refractivity contribution in [2.75, 3.05) is 6.54 Å². The number of rotatable bonds is 6. The van der Waals surface area contributed by atoms with Crippen LogP contribution in [-0.2, 0) is 23.1 Å². The summed E-state index contributed by atoms with van der Waals surface area (Å²) in [6, 6.07) is 4.97. The van der Waals surface area contributed by atoms with Gasteiger partial charge in [0.2, 0.25) is 10.0 Å². The molecule has 2 N–H and O–H groups in total. The molecule has 1 aromatic carbocycles. The van der Waals surface area contributed by atoms with Crippen molar-refractivity contribution in [2.45, 2.75) is 17.9 Å². The van der Waals surface area contributed by atoms with Gasteiger partial charge in [-0.25, -0.2) is 21.9 Å². The second-order valence-corrected chi connectivity index (χ2v) is 6.01. The molecule has 0 aliphatic rings. The minimum absolute atomic E-state index is 0.0275. The van der Waals surface area contributed by atoms with Gasteiger partial charge >= 0.3 is 0 Å². The molecule has 0 saturated heterocycles. The maximum atomic E-state index is 13.6. The maximum Gasteiger partial charge on any atom is 0.243 e. The fourth-order valence-electron chi connectivity index (χ4n) is 1.75. The summed E-state index contributed by atoms with van der Waals surface area (Å²) >= 11 is 0. The number of aliphatic hydroxyl groups excluding tert-OH is 1. The zero-order valence-electron chi connectivity index (χ0n) is 10.8. The van der Waals surface area contributed by atoms with E-state index in [1.807, 2.05) is 0 Å². The number of halogens is 2. The molecular weight excluding hydrogens is 304 g/mol. The third-order valence-electron chi connectivity index (χ3n) is 2.77. The van der Waals surface area contributed by atoms with Crippen molar-refractivity contribution in [1.29, 1.82) is 0 Å². The van der Waals surface area contributed by atoms with Gasteiger partial charge in [-0.1, -0.05) is 0 Å². The average Bonchev–Trinajstić information content (AvgIpc) is 2.94. The lowest BCUT2D eigenvalue weighted by Gasteiger charge is -2.09. The van der Waals surface area contributed by atoms with Gasteiger partial charge in [-0.05, 0) is 29.8 Å². The molecule has 0 saturated carbocycles. The lowest BCUT2D eigenvalue weighted by molar-refractivity contribution is 0.280. The van der Waals surface area contributed by atoms with Crippen molar-refractivity contribution >= 4 is 10.0 Å². The number of nitrogens with one attached hydrogen (secondary N) is 1. The molecule has 114 valence electrons. The van der Waals surface area contributed by atoms with Gasteiger partial charge in [-0.3, -0.25) is 0 Å². The number of aliphatic hydroxyl groups is 1. The van der Waals surface area contributed by atoms with Crippen LogP contribution in [0.4, 0.5) is 8.78 Å². The first-order valence-electron chi connectivity index (χ1n) is 6.05. The number of furan rings is 1. The third-order valence-corrected chi connectivity index (χ3v) is 4.23. The lowest BCUT2D eigenvalue weighted by atomic mass is 10.2. The van der Waals surface area contributed by atoms with E-state index < -0.39 is 33.2 Å². The summed E-state index contributed by atoms with van der Waals surface area (Å²) in [4.78, 5) is -0.828. The molecule has 0 spiro atoms. The van der Waals surface area contributed by atoms with Crippen LogP contribution in [0.2, 0.25) is 0 Å². The molecule has 8 heteroatoms. The van der Waals surface area contributed by atoms with Crippen molar-refractivity contribution < 1.29 is 26.7 Å². The molecule has 0 aliphatic heterocycles. The first kappa shape index (κ1) is 15.6. The van der Waals surface area contributed by atoms with E-state index in [0.29, 0.717) is 5.76 Å². The SMILES string of the molecule is O=S(=O)(NCCc1ccco1)c1cc(CO)cc(F)c1F. The highest BCUT2D eigenvalue weighted by molar-refractivity contribution is 7.89. The summed E-state index contributed by atoms with van der Waals surface area (Å²) in [6.45, 7) is -0.619. The van der Waals surface area contributed by atoms with Crippen molar-refractivity contribution in [2.24, 2.45) is 0 Å². The fourth-order valence-corrected chi connectivity index (χ4v) is 2.91. The average molecular weight is 317 g/mol. The zero-order valence-corrected chi connectivity index (χ0v) is 11.7. The van der Waals surface area contributed by atoms with Crippen LogP contribution in [0, 0.1) is 11.6 Å². The Morgan fingerprint density at radius 2 is 2.05 bits per heavy atom. The van der Waals surface area contributed by atoms with Gasteiger partial charge in [0.05, 0.1) is 12.9 Å². The zero-order chi connectivity index (χ0) is 15.5. The Kier molecular flexibility index (Phi) is 4.71. The van der Waals surface area contributed by atoms with Crippen LogP contribution in [0.1, 0.15) is 11.3 Å². The molecular formula is C13H13F2NO4S. The van der Waals surface area contributed by atoms with Crippen LogP contribution in [0.3, 0.4) is 0 Å². The quantitative estimate of drug-likeness (QED) is 0.847. The highest BCUT2D eigenvalue weighted by Crippen LogP contribution is 2.20. The predicted molar refractivity (Wildman–Crippen MR) is 69.9 cm³/mol. The Morgan fingerprint density at radius 1 is 1.29 bits per heavy atom. The second-order valence-electron chi connectivity index (χ2n) is 4.28. The summed E-state index contributed by atoms with van der Waals surface area (Å²) in [7, 11) is -4.22. The summed E-state index contributed by atoms with van der Waals surface area (Å²) < 4.78 is 58.1. The van der Waals surface area contributed by atoms with Crippen LogP contribution in [0.15, 0.2) is 39.8 Å². The van der Waals surface area contributed by atoms with Gasteiger partial charge in [-0.15, -0.1) is 0 Å². The Labute approximate surface area is 120 Å². The maximum absolute atomic E-state index is 13.6. The minimum atomic E-state index is -4.22. The van der Waals surface area contributed by atoms with Crippen LogP contribution in [-0.4, -0.2) is 20.1 Å². The summed E-state index contributed by atoms with van der Waals surface area (Å²) in [5, 5.41) is 8.93. The number of hydrogen-bond acceptors (Lipinski definition) is 4. The van der Waals surface area contributed by atoms with Crippen molar-refractivity contribution in [3.63, 3.8) is 0 Å². The Balaban J connectivity index is 2.17. The summed E-state index contributed by atoms with van der Waals surface area (Å²) in [6.07, 6.45) is 1.72. The Hall–Kier alpha value is -1.77. The molecule has 0 atom stereocenters. The standard InChI is InChI=1S/C13H13F2NO4S/c14-11-6-9(8-17)7-12(13(11)15)21(18,19)16-4-3-10-2-1-5-20-10/h1-2,5-7,16-17H,3-4,8H2. The topological polar surface area (TPSA) is 79.5 Å². The van der Waals surface area contributed by atoms with Gasteiger partial charge in [0.15, 0.2) is 11.6 Å². The lowest BCUT2D eigenvalue weighted by Crippen LogP contribution is -2.27. The molecule has 2 aromatic rings. The van der Waals surface area contributed by atoms with E-state index in [9.17, 15) is 17.2 Å². The fraction of sp³-hybridized carbons (Fsp3) is 0.231. The molecule has 1 heterocycles. The molecule has 0 fully saturated rings. The van der Waals surface area contributed by atoms with E-state index >= 15 is 0 Å². The third kappa shape index (κ3) is 3.66. The molecule has 2 rings (SSSR count). The number of hydrogen-bond donors (Lipinski definition) is 2. The van der Waals surface area contributed by atoms with E-state index in [0.717, 1.165) is 12.1 Å². The van der Waals surface area contributed by atoms with Crippen molar-refractivity contribution in [1.82, 2.24) is 4.72 Å². The molecule has 0 bridgehead atoms. The van der Waals surface area contributed by atoms with Crippen molar-refractivity contribution in [3.05, 3.63) is 53.5 Å². The van der Waals surface area contributed by atoms with Gasteiger partial charge in [0, 0.05) is 13.0 Å². The predicted octanol–water partition coefficient (Wildman–Crippen LogP) is 1.57. The van der Waals surface area contributed by atoms with E-state index in [-0.39, 0.29) is 18.5 Å². The smallest absolute Gasteiger partial charge is 0.243 e. The molecule has 0 unspecified atom stereocenters. The Bertz CT molecular complexity index is 714. The number of sulfonamides is 1. The Morgan fingerprint density at radius 3 is 2.67 bits per heavy atom. The monoisotopic (exact) mass is 317 g/mol. The van der Waals surface area contributed by atoms with Crippen LogP contribution in [0.25, 0.3) is 0 Å². The molecule has 0 aliphatic carbocycles. The largest absolute Gasteiger partial charge is 0.469 e. The summed E-state index contributed by atoms with van der Waals surface area (Å²) in [5.41, 5.74) is -0.0275. The molecule has 5 nitrogen and oxygen atoms in total. The van der Waals surface area contributed by atoms with E-state index in [2.05, 4.69) is 4.72 Å². The summed E-state index contributed by atoms with van der Waals surface area (Å²) in [5.74, 6) is -2.24. The first-order chi connectivity index (χ1) is 9.94. The van der Waals surface area contributed by atoms with Crippen LogP contribution in [0.5, 0.6) is 0 Å². The normalized spacial score (nSPS) is 11.8. The van der Waals surface area contributed by atoms with E-state index in [4.69, 9.17) is 9.52 Å². The van der Waals surface area contributed by atoms with Gasteiger partial charge in [-0.2, -0.15) is 0 Å². The van der Waals surface area contributed by atoms with E-state index in [1.54, 1.807) is 12.1 Å². The molecule has 1 aromatic heterocycles. The van der Waals surface area contributed by atoms with Gasteiger partial charge < -0.3 is 9.52 Å². The highest BCUT2D eigenvalue weighted by atomic mass is 32.2. The van der Waals surface area contributed by atoms with Crippen LogP contribution >= 0.6 is 0 Å². The minimum Gasteiger partial charge on any atom is -0.469 e.